The van der Waals surface area contributed by atoms with E-state index < -0.39 is 6.10 Å². The van der Waals surface area contributed by atoms with E-state index in [1.165, 1.54) is 5.56 Å². The number of ether oxygens (including phenoxy) is 1. The van der Waals surface area contributed by atoms with Gasteiger partial charge in [0.2, 0.25) is 0 Å². The number of hydrogen-bond donors (Lipinski definition) is 2. The number of rotatable bonds is 4. The second-order valence-electron chi connectivity index (χ2n) is 4.80. The van der Waals surface area contributed by atoms with Crippen molar-refractivity contribution in [2.45, 2.75) is 32.3 Å². The van der Waals surface area contributed by atoms with Gasteiger partial charge < -0.3 is 14.9 Å². The van der Waals surface area contributed by atoms with E-state index in [0.717, 1.165) is 0 Å². The number of aliphatic hydroxyl groups is 2. The van der Waals surface area contributed by atoms with Crippen LogP contribution in [-0.2, 0) is 5.41 Å². The van der Waals surface area contributed by atoms with Crippen LogP contribution in [0.3, 0.4) is 0 Å². The van der Waals surface area contributed by atoms with Gasteiger partial charge in [-0.25, -0.2) is 0 Å². The van der Waals surface area contributed by atoms with Crippen LogP contribution < -0.4 is 4.74 Å². The summed E-state index contributed by atoms with van der Waals surface area (Å²) in [5.41, 5.74) is 1.35. The summed E-state index contributed by atoms with van der Waals surface area (Å²) in [5, 5.41) is 17.6. The van der Waals surface area contributed by atoms with Crippen LogP contribution in [0.1, 0.15) is 26.3 Å². The minimum absolute atomic E-state index is 0.0609. The van der Waals surface area contributed by atoms with Crippen molar-refractivity contribution < 1.29 is 14.9 Å². The van der Waals surface area contributed by atoms with E-state index in [2.05, 4.69) is 20.8 Å². The van der Waals surface area contributed by atoms with E-state index in [-0.39, 0.29) is 12.0 Å². The Morgan fingerprint density at radius 1 is 1.25 bits per heavy atom. The Kier molecular flexibility index (Phi) is 4.33. The van der Waals surface area contributed by atoms with E-state index in [9.17, 15) is 0 Å². The normalized spacial score (nSPS) is 13.6. The van der Waals surface area contributed by atoms with Crippen molar-refractivity contribution in [2.24, 2.45) is 0 Å². The zero-order valence-corrected chi connectivity index (χ0v) is 9.97. The molecule has 1 aromatic carbocycles. The average Bonchev–Trinajstić information content (AvgIpc) is 2.25. The molecule has 1 atom stereocenters. The molecule has 0 heterocycles. The quantitative estimate of drug-likeness (QED) is 0.823. The SMILES string of the molecule is CC(C)(C)c1ccc(OCC(O)[CH]O)cc1. The molecule has 1 unspecified atom stereocenters. The standard InChI is InChI=1S/C13H19O3/c1-13(2,3)10-4-6-12(7-5-10)16-9-11(15)8-14/h4-8,11,14-15H,9H2,1-3H3. The topological polar surface area (TPSA) is 49.7 Å². The predicted octanol–water partition coefficient (Wildman–Crippen LogP) is 2.26. The van der Waals surface area contributed by atoms with Gasteiger partial charge in [0.25, 0.3) is 0 Å². The van der Waals surface area contributed by atoms with Crippen molar-refractivity contribution in [3.05, 3.63) is 36.4 Å². The van der Waals surface area contributed by atoms with E-state index in [1.54, 1.807) is 0 Å². The predicted molar refractivity (Wildman–Crippen MR) is 62.9 cm³/mol. The fourth-order valence-electron chi connectivity index (χ4n) is 1.28. The Hall–Kier alpha value is -1.06. The maximum absolute atomic E-state index is 9.07. The van der Waals surface area contributed by atoms with Gasteiger partial charge >= 0.3 is 0 Å². The molecule has 2 N–H and O–H groups in total. The first-order valence-corrected chi connectivity index (χ1v) is 5.32. The molecule has 0 aliphatic rings. The minimum Gasteiger partial charge on any atom is -0.491 e. The van der Waals surface area contributed by atoms with Crippen molar-refractivity contribution >= 4 is 0 Å². The highest BCUT2D eigenvalue weighted by Gasteiger charge is 2.13. The molecule has 0 aliphatic carbocycles. The van der Waals surface area contributed by atoms with Crippen molar-refractivity contribution in [3.63, 3.8) is 0 Å². The lowest BCUT2D eigenvalue weighted by molar-refractivity contribution is 0.0914. The molecule has 0 aliphatic heterocycles. The summed E-state index contributed by atoms with van der Waals surface area (Å²) in [6.45, 7) is 7.21. The third-order valence-electron chi connectivity index (χ3n) is 2.31. The highest BCUT2D eigenvalue weighted by atomic mass is 16.5. The average molecular weight is 223 g/mol. The zero-order chi connectivity index (χ0) is 12.2. The van der Waals surface area contributed by atoms with Gasteiger partial charge in [-0.3, -0.25) is 0 Å². The molecule has 1 rings (SSSR count). The third-order valence-corrected chi connectivity index (χ3v) is 2.31. The van der Waals surface area contributed by atoms with Gasteiger partial charge in [0.15, 0.2) is 0 Å². The first-order chi connectivity index (χ1) is 7.43. The molecule has 1 radical (unpaired) electrons. The molecule has 0 spiro atoms. The molecule has 0 aromatic heterocycles. The lowest BCUT2D eigenvalue weighted by Gasteiger charge is -2.19. The smallest absolute Gasteiger partial charge is 0.119 e. The Labute approximate surface area is 96.7 Å². The van der Waals surface area contributed by atoms with Crippen LogP contribution >= 0.6 is 0 Å². The minimum atomic E-state index is -0.942. The van der Waals surface area contributed by atoms with Crippen LogP contribution in [-0.4, -0.2) is 22.9 Å². The zero-order valence-electron chi connectivity index (χ0n) is 9.97. The molecule has 89 valence electrons. The van der Waals surface area contributed by atoms with Crippen LogP contribution in [0.25, 0.3) is 0 Å². The van der Waals surface area contributed by atoms with Crippen LogP contribution in [0, 0.1) is 6.61 Å². The van der Waals surface area contributed by atoms with Gasteiger partial charge in [0.05, 0.1) is 0 Å². The van der Waals surface area contributed by atoms with Gasteiger partial charge in [-0.1, -0.05) is 32.9 Å². The van der Waals surface area contributed by atoms with Crippen LogP contribution in [0.5, 0.6) is 5.75 Å². The van der Waals surface area contributed by atoms with Crippen molar-refractivity contribution in [3.8, 4) is 5.75 Å². The molecule has 1 aromatic rings. The summed E-state index contributed by atoms with van der Waals surface area (Å²) in [5.74, 6) is 0.689. The first-order valence-electron chi connectivity index (χ1n) is 5.32. The first kappa shape index (κ1) is 13.0. The lowest BCUT2D eigenvalue weighted by Crippen LogP contribution is -2.17. The summed E-state index contributed by atoms with van der Waals surface area (Å²) in [6.07, 6.45) is -0.942. The van der Waals surface area contributed by atoms with Crippen molar-refractivity contribution in [1.29, 1.82) is 0 Å². The summed E-state index contributed by atoms with van der Waals surface area (Å²) < 4.78 is 5.29. The largest absolute Gasteiger partial charge is 0.491 e. The van der Waals surface area contributed by atoms with Gasteiger partial charge in [0, 0.05) is 0 Å². The van der Waals surface area contributed by atoms with Crippen LogP contribution in [0.15, 0.2) is 24.3 Å². The number of hydrogen-bond acceptors (Lipinski definition) is 3. The van der Waals surface area contributed by atoms with Crippen molar-refractivity contribution in [2.75, 3.05) is 6.61 Å². The molecule has 0 bridgehead atoms. The number of benzene rings is 1. The molecular formula is C13H19O3. The fourth-order valence-corrected chi connectivity index (χ4v) is 1.28. The molecule has 0 amide bonds. The third kappa shape index (κ3) is 3.83. The molecule has 0 fully saturated rings. The fraction of sp³-hybridized carbons (Fsp3) is 0.462. The Morgan fingerprint density at radius 2 is 1.81 bits per heavy atom. The van der Waals surface area contributed by atoms with Gasteiger partial charge in [-0.05, 0) is 23.1 Å². The summed E-state index contributed by atoms with van der Waals surface area (Å²) in [4.78, 5) is 0. The van der Waals surface area contributed by atoms with E-state index in [4.69, 9.17) is 14.9 Å². The van der Waals surface area contributed by atoms with Gasteiger partial charge in [-0.2, -0.15) is 0 Å². The summed E-state index contributed by atoms with van der Waals surface area (Å²) >= 11 is 0. The second kappa shape index (κ2) is 5.32. The number of aliphatic hydroxyl groups excluding tert-OH is 2. The van der Waals surface area contributed by atoms with Crippen LogP contribution in [0.4, 0.5) is 0 Å². The Morgan fingerprint density at radius 3 is 2.25 bits per heavy atom. The monoisotopic (exact) mass is 223 g/mol. The lowest BCUT2D eigenvalue weighted by atomic mass is 9.87. The second-order valence-corrected chi connectivity index (χ2v) is 4.80. The molecule has 3 nitrogen and oxygen atoms in total. The van der Waals surface area contributed by atoms with Crippen molar-refractivity contribution in [1.82, 2.24) is 0 Å². The van der Waals surface area contributed by atoms with Gasteiger partial charge in [-0.15, -0.1) is 0 Å². The maximum Gasteiger partial charge on any atom is 0.119 e. The Bertz CT molecular complexity index is 311. The summed E-state index contributed by atoms with van der Waals surface area (Å²) in [6, 6.07) is 7.74. The highest BCUT2D eigenvalue weighted by Crippen LogP contribution is 2.24. The molecule has 0 saturated carbocycles. The maximum atomic E-state index is 9.07. The van der Waals surface area contributed by atoms with E-state index in [1.807, 2.05) is 24.3 Å². The van der Waals surface area contributed by atoms with Gasteiger partial charge in [0.1, 0.15) is 25.1 Å². The van der Waals surface area contributed by atoms with E-state index >= 15 is 0 Å². The highest BCUT2D eigenvalue weighted by molar-refractivity contribution is 5.31. The molecule has 16 heavy (non-hydrogen) atoms. The Balaban J connectivity index is 2.58. The molecular weight excluding hydrogens is 204 g/mol. The van der Waals surface area contributed by atoms with E-state index in [0.29, 0.717) is 12.4 Å². The molecule has 3 heteroatoms. The van der Waals surface area contributed by atoms with Crippen LogP contribution in [0.2, 0.25) is 0 Å². The molecule has 0 saturated heterocycles. The summed E-state index contributed by atoms with van der Waals surface area (Å²) in [7, 11) is 0.